The number of hydrogen-bond acceptors (Lipinski definition) is 2. The van der Waals surface area contributed by atoms with Gasteiger partial charge in [0.1, 0.15) is 0 Å². The first kappa shape index (κ1) is 9.35. The van der Waals surface area contributed by atoms with Crippen LogP contribution in [-0.2, 0) is 6.54 Å². The number of halogens is 3. The largest absolute Gasteiger partial charge is 0.325 e. The molecular weight excluding hydrogens is 186 g/mol. The summed E-state index contributed by atoms with van der Waals surface area (Å²) in [6.45, 7) is 0.0688. The fourth-order valence-corrected chi connectivity index (χ4v) is 1.09. The molecule has 0 aliphatic carbocycles. The normalized spacial score (nSPS) is 10.8. The van der Waals surface area contributed by atoms with E-state index in [1.165, 1.54) is 12.3 Å². The van der Waals surface area contributed by atoms with Crippen molar-refractivity contribution >= 4 is 11.6 Å². The molecule has 66 valence electrons. The molecule has 1 heterocycles. The second-order valence-electron chi connectivity index (χ2n) is 2.17. The second-order valence-corrected chi connectivity index (χ2v) is 2.54. The summed E-state index contributed by atoms with van der Waals surface area (Å²) >= 11 is 5.58. The highest BCUT2D eigenvalue weighted by atomic mass is 35.5. The predicted octanol–water partition coefficient (Wildman–Crippen LogP) is 2.13. The van der Waals surface area contributed by atoms with Gasteiger partial charge in [0.15, 0.2) is 0 Å². The minimum atomic E-state index is -2.58. The molecule has 0 saturated carbocycles. The Bertz CT molecular complexity index is 278. The van der Waals surface area contributed by atoms with Gasteiger partial charge >= 0.3 is 0 Å². The van der Waals surface area contributed by atoms with Gasteiger partial charge in [-0.25, -0.2) is 8.78 Å². The van der Waals surface area contributed by atoms with Gasteiger partial charge in [-0.1, -0.05) is 11.6 Å². The van der Waals surface area contributed by atoms with Crippen LogP contribution in [0.3, 0.4) is 0 Å². The zero-order chi connectivity index (χ0) is 9.14. The van der Waals surface area contributed by atoms with Gasteiger partial charge < -0.3 is 5.73 Å². The Kier molecular flexibility index (Phi) is 2.94. The van der Waals surface area contributed by atoms with Crippen molar-refractivity contribution in [2.24, 2.45) is 5.73 Å². The van der Waals surface area contributed by atoms with Gasteiger partial charge in [-0.3, -0.25) is 4.98 Å². The van der Waals surface area contributed by atoms with Crippen LogP contribution in [0.5, 0.6) is 0 Å². The fourth-order valence-electron chi connectivity index (χ4n) is 0.815. The molecule has 0 unspecified atom stereocenters. The van der Waals surface area contributed by atoms with E-state index in [9.17, 15) is 8.78 Å². The van der Waals surface area contributed by atoms with Crippen LogP contribution in [-0.4, -0.2) is 4.98 Å². The molecule has 2 N–H and O–H groups in total. The average molecular weight is 193 g/mol. The van der Waals surface area contributed by atoms with Crippen molar-refractivity contribution in [3.05, 3.63) is 28.5 Å². The molecule has 5 heteroatoms. The summed E-state index contributed by atoms with van der Waals surface area (Å²) in [5, 5.41) is -0.0324. The molecule has 1 aromatic rings. The van der Waals surface area contributed by atoms with Gasteiger partial charge in [0.2, 0.25) is 0 Å². The van der Waals surface area contributed by atoms with Gasteiger partial charge in [0.25, 0.3) is 6.43 Å². The van der Waals surface area contributed by atoms with Crippen molar-refractivity contribution in [2.75, 3.05) is 0 Å². The van der Waals surface area contributed by atoms with E-state index in [1.807, 2.05) is 0 Å². The van der Waals surface area contributed by atoms with Crippen molar-refractivity contribution in [3.63, 3.8) is 0 Å². The summed E-state index contributed by atoms with van der Waals surface area (Å²) < 4.78 is 24.4. The number of nitrogens with zero attached hydrogens (tertiary/aromatic N) is 1. The quantitative estimate of drug-likeness (QED) is 0.780. The van der Waals surface area contributed by atoms with Crippen LogP contribution in [0.2, 0.25) is 5.02 Å². The first-order valence-electron chi connectivity index (χ1n) is 3.28. The lowest BCUT2D eigenvalue weighted by molar-refractivity contribution is 0.151. The van der Waals surface area contributed by atoms with Gasteiger partial charge in [0, 0.05) is 18.3 Å². The summed E-state index contributed by atoms with van der Waals surface area (Å²) in [5.41, 5.74) is 5.31. The first-order chi connectivity index (χ1) is 5.66. The molecule has 0 bridgehead atoms. The third-order valence-electron chi connectivity index (χ3n) is 1.42. The van der Waals surface area contributed by atoms with Crippen molar-refractivity contribution in [1.82, 2.24) is 4.98 Å². The molecule has 0 fully saturated rings. The van der Waals surface area contributed by atoms with Crippen LogP contribution in [0.4, 0.5) is 8.78 Å². The summed E-state index contributed by atoms with van der Waals surface area (Å²) in [6.07, 6.45) is -1.30. The maximum atomic E-state index is 12.2. The van der Waals surface area contributed by atoms with Gasteiger partial charge in [0.05, 0.1) is 10.7 Å². The SMILES string of the molecule is NCc1nccc(C(F)F)c1Cl. The molecule has 2 nitrogen and oxygen atoms in total. The summed E-state index contributed by atoms with van der Waals surface area (Å²) in [6, 6.07) is 1.19. The molecule has 1 aromatic heterocycles. The molecule has 0 spiro atoms. The van der Waals surface area contributed by atoms with Crippen LogP contribution in [0.1, 0.15) is 17.7 Å². The molecular formula is C7H7ClF2N2. The molecule has 0 aliphatic rings. The van der Waals surface area contributed by atoms with E-state index in [0.717, 1.165) is 0 Å². The van der Waals surface area contributed by atoms with E-state index in [0.29, 0.717) is 5.69 Å². The van der Waals surface area contributed by atoms with E-state index in [4.69, 9.17) is 17.3 Å². The Morgan fingerprint density at radius 2 is 2.25 bits per heavy atom. The summed E-state index contributed by atoms with van der Waals surface area (Å²) in [7, 11) is 0. The Morgan fingerprint density at radius 3 is 2.75 bits per heavy atom. The van der Waals surface area contributed by atoms with Crippen molar-refractivity contribution in [1.29, 1.82) is 0 Å². The smallest absolute Gasteiger partial charge is 0.265 e. The monoisotopic (exact) mass is 192 g/mol. The van der Waals surface area contributed by atoms with Crippen LogP contribution >= 0.6 is 11.6 Å². The number of alkyl halides is 2. The second kappa shape index (κ2) is 3.78. The van der Waals surface area contributed by atoms with Crippen LogP contribution in [0.15, 0.2) is 12.3 Å². The van der Waals surface area contributed by atoms with Gasteiger partial charge in [-0.05, 0) is 6.07 Å². The lowest BCUT2D eigenvalue weighted by atomic mass is 10.2. The molecule has 1 rings (SSSR count). The van der Waals surface area contributed by atoms with E-state index in [2.05, 4.69) is 4.98 Å². The maximum Gasteiger partial charge on any atom is 0.265 e. The van der Waals surface area contributed by atoms with Crippen molar-refractivity contribution in [3.8, 4) is 0 Å². The highest BCUT2D eigenvalue weighted by molar-refractivity contribution is 6.32. The Morgan fingerprint density at radius 1 is 1.58 bits per heavy atom. The highest BCUT2D eigenvalue weighted by Crippen LogP contribution is 2.27. The minimum absolute atomic E-state index is 0.0324. The first-order valence-corrected chi connectivity index (χ1v) is 3.66. The topological polar surface area (TPSA) is 38.9 Å². The summed E-state index contributed by atoms with van der Waals surface area (Å²) in [4.78, 5) is 3.75. The van der Waals surface area contributed by atoms with Crippen LogP contribution in [0, 0.1) is 0 Å². The number of nitrogens with two attached hydrogens (primary N) is 1. The molecule has 0 aliphatic heterocycles. The zero-order valence-corrected chi connectivity index (χ0v) is 6.85. The van der Waals surface area contributed by atoms with Gasteiger partial charge in [-0.15, -0.1) is 0 Å². The summed E-state index contributed by atoms with van der Waals surface area (Å²) in [5.74, 6) is 0. The van der Waals surface area contributed by atoms with Crippen molar-refractivity contribution in [2.45, 2.75) is 13.0 Å². The molecule has 0 amide bonds. The Labute approximate surface area is 73.4 Å². The van der Waals surface area contributed by atoms with E-state index >= 15 is 0 Å². The third kappa shape index (κ3) is 1.70. The predicted molar refractivity (Wildman–Crippen MR) is 42.1 cm³/mol. The Hall–Kier alpha value is -0.740. The fraction of sp³-hybridized carbons (Fsp3) is 0.286. The number of hydrogen-bond donors (Lipinski definition) is 1. The number of aromatic nitrogens is 1. The van der Waals surface area contributed by atoms with E-state index in [-0.39, 0.29) is 17.1 Å². The minimum Gasteiger partial charge on any atom is -0.325 e. The molecule has 0 atom stereocenters. The molecule has 12 heavy (non-hydrogen) atoms. The van der Waals surface area contributed by atoms with Gasteiger partial charge in [-0.2, -0.15) is 0 Å². The maximum absolute atomic E-state index is 12.2. The molecule has 0 aromatic carbocycles. The average Bonchev–Trinajstić information content (AvgIpc) is 2.04. The highest BCUT2D eigenvalue weighted by Gasteiger charge is 2.14. The molecule has 0 saturated heterocycles. The van der Waals surface area contributed by atoms with E-state index < -0.39 is 6.43 Å². The Balaban J connectivity index is 3.14. The lowest BCUT2D eigenvalue weighted by Gasteiger charge is -2.05. The van der Waals surface area contributed by atoms with E-state index in [1.54, 1.807) is 0 Å². The zero-order valence-electron chi connectivity index (χ0n) is 6.10. The lowest BCUT2D eigenvalue weighted by Crippen LogP contribution is -2.02. The molecule has 0 radical (unpaired) electrons. The van der Waals surface area contributed by atoms with Crippen LogP contribution in [0.25, 0.3) is 0 Å². The third-order valence-corrected chi connectivity index (χ3v) is 1.86. The number of pyridine rings is 1. The standard InChI is InChI=1S/C7H7ClF2N2/c8-6-4(7(9)10)1-2-12-5(6)3-11/h1-2,7H,3,11H2. The van der Waals surface area contributed by atoms with Crippen molar-refractivity contribution < 1.29 is 8.78 Å². The number of rotatable bonds is 2. The van der Waals surface area contributed by atoms with Crippen LogP contribution < -0.4 is 5.73 Å².